The molecule has 0 aliphatic heterocycles. The Morgan fingerprint density at radius 3 is 2.80 bits per heavy atom. The van der Waals surface area contributed by atoms with Crippen molar-refractivity contribution in [3.8, 4) is 11.5 Å². The van der Waals surface area contributed by atoms with Crippen LogP contribution in [0.3, 0.4) is 0 Å². The van der Waals surface area contributed by atoms with Crippen LogP contribution in [0.5, 0.6) is 11.5 Å². The van der Waals surface area contributed by atoms with Crippen molar-refractivity contribution in [2.24, 2.45) is 0 Å². The van der Waals surface area contributed by atoms with Crippen LogP contribution in [0.15, 0.2) is 34.8 Å². The number of aliphatic hydroxyl groups is 1. The highest BCUT2D eigenvalue weighted by molar-refractivity contribution is 9.10. The smallest absolute Gasteiger partial charge is 0.175 e. The van der Waals surface area contributed by atoms with Gasteiger partial charge in [0.15, 0.2) is 11.5 Å². The van der Waals surface area contributed by atoms with Crippen molar-refractivity contribution < 1.29 is 19.0 Å². The lowest BCUT2D eigenvalue weighted by atomic mass is 10.2. The summed E-state index contributed by atoms with van der Waals surface area (Å²) >= 11 is 9.50. The fourth-order valence-corrected chi connectivity index (χ4v) is 3.09. The SMILES string of the molecule is COc1cc(CNCCCO)cc(Br)c1OCc1c(F)cccc1Cl. The van der Waals surface area contributed by atoms with Crippen LogP contribution in [0.2, 0.25) is 5.02 Å². The minimum absolute atomic E-state index is 0.00539. The highest BCUT2D eigenvalue weighted by Gasteiger charge is 2.14. The normalized spacial score (nSPS) is 10.8. The summed E-state index contributed by atoms with van der Waals surface area (Å²) in [6.07, 6.45) is 0.697. The molecule has 0 radical (unpaired) electrons. The molecule has 0 saturated heterocycles. The molecule has 2 aromatic rings. The molecular weight excluding hydrogens is 413 g/mol. The fourth-order valence-electron chi connectivity index (χ4n) is 2.27. The van der Waals surface area contributed by atoms with Crippen molar-refractivity contribution in [2.75, 3.05) is 20.3 Å². The molecule has 25 heavy (non-hydrogen) atoms. The van der Waals surface area contributed by atoms with E-state index in [1.54, 1.807) is 19.2 Å². The largest absolute Gasteiger partial charge is 0.493 e. The second-order valence-electron chi connectivity index (χ2n) is 5.35. The van der Waals surface area contributed by atoms with Crippen LogP contribution in [0, 0.1) is 5.82 Å². The first-order chi connectivity index (χ1) is 12.1. The van der Waals surface area contributed by atoms with Gasteiger partial charge in [0.2, 0.25) is 0 Å². The Morgan fingerprint density at radius 1 is 1.32 bits per heavy atom. The van der Waals surface area contributed by atoms with Gasteiger partial charge in [0.05, 0.1) is 16.6 Å². The van der Waals surface area contributed by atoms with Crippen LogP contribution < -0.4 is 14.8 Å². The van der Waals surface area contributed by atoms with Gasteiger partial charge in [0.1, 0.15) is 12.4 Å². The van der Waals surface area contributed by atoms with E-state index < -0.39 is 5.82 Å². The summed E-state index contributed by atoms with van der Waals surface area (Å²) in [6.45, 7) is 1.51. The topological polar surface area (TPSA) is 50.7 Å². The van der Waals surface area contributed by atoms with Crippen LogP contribution in [-0.2, 0) is 13.2 Å². The van der Waals surface area contributed by atoms with Crippen molar-refractivity contribution in [3.63, 3.8) is 0 Å². The molecule has 2 aromatic carbocycles. The summed E-state index contributed by atoms with van der Waals surface area (Å²) in [5.74, 6) is 0.619. The van der Waals surface area contributed by atoms with E-state index in [0.717, 1.165) is 12.1 Å². The predicted octanol–water partition coefficient (Wildman–Crippen LogP) is 4.30. The lowest BCUT2D eigenvalue weighted by Crippen LogP contribution is -2.15. The van der Waals surface area contributed by atoms with Gasteiger partial charge in [-0.05, 0) is 58.7 Å². The molecule has 4 nitrogen and oxygen atoms in total. The Hall–Kier alpha value is -1.34. The average Bonchev–Trinajstić information content (AvgIpc) is 2.59. The summed E-state index contributed by atoms with van der Waals surface area (Å²) in [7, 11) is 1.55. The Balaban J connectivity index is 2.12. The van der Waals surface area contributed by atoms with Crippen LogP contribution in [0.1, 0.15) is 17.5 Å². The number of benzene rings is 2. The van der Waals surface area contributed by atoms with E-state index >= 15 is 0 Å². The molecule has 0 amide bonds. The van der Waals surface area contributed by atoms with Crippen LogP contribution in [0.4, 0.5) is 4.39 Å². The van der Waals surface area contributed by atoms with Gasteiger partial charge in [0, 0.05) is 18.7 Å². The number of rotatable bonds is 9. The number of nitrogens with one attached hydrogen (secondary N) is 1. The third kappa shape index (κ3) is 5.57. The van der Waals surface area contributed by atoms with Gasteiger partial charge < -0.3 is 19.9 Å². The van der Waals surface area contributed by atoms with Crippen LogP contribution in [-0.4, -0.2) is 25.4 Å². The van der Waals surface area contributed by atoms with Crippen molar-refractivity contribution in [1.82, 2.24) is 5.32 Å². The van der Waals surface area contributed by atoms with E-state index in [1.165, 1.54) is 6.07 Å². The highest BCUT2D eigenvalue weighted by Crippen LogP contribution is 2.37. The zero-order chi connectivity index (χ0) is 18.2. The van der Waals surface area contributed by atoms with E-state index in [1.807, 2.05) is 12.1 Å². The Labute approximate surface area is 160 Å². The first-order valence-corrected chi connectivity index (χ1v) is 8.97. The average molecular weight is 433 g/mol. The second kappa shape index (κ2) is 9.97. The molecule has 7 heteroatoms. The number of halogens is 3. The van der Waals surface area contributed by atoms with Gasteiger partial charge in [-0.1, -0.05) is 17.7 Å². The Bertz CT molecular complexity index is 695. The molecule has 2 N–H and O–H groups in total. The molecule has 136 valence electrons. The molecule has 0 spiro atoms. The highest BCUT2D eigenvalue weighted by atomic mass is 79.9. The predicted molar refractivity (Wildman–Crippen MR) is 99.8 cm³/mol. The van der Waals surface area contributed by atoms with Gasteiger partial charge in [-0.25, -0.2) is 4.39 Å². The van der Waals surface area contributed by atoms with E-state index in [0.29, 0.717) is 39.5 Å². The monoisotopic (exact) mass is 431 g/mol. The molecule has 0 bridgehead atoms. The molecule has 2 rings (SSSR count). The maximum absolute atomic E-state index is 13.9. The molecule has 0 aromatic heterocycles. The summed E-state index contributed by atoms with van der Waals surface area (Å²) in [4.78, 5) is 0. The molecule has 0 unspecified atom stereocenters. The Kier molecular flexibility index (Phi) is 7.96. The lowest BCUT2D eigenvalue weighted by molar-refractivity contribution is 0.277. The van der Waals surface area contributed by atoms with Crippen molar-refractivity contribution in [2.45, 2.75) is 19.6 Å². The summed E-state index contributed by atoms with van der Waals surface area (Å²) < 4.78 is 25.7. The fraction of sp³-hybridized carbons (Fsp3) is 0.333. The minimum Gasteiger partial charge on any atom is -0.493 e. The zero-order valence-corrected chi connectivity index (χ0v) is 16.2. The maximum Gasteiger partial charge on any atom is 0.175 e. The molecule has 0 aliphatic carbocycles. The number of methoxy groups -OCH3 is 1. The third-order valence-electron chi connectivity index (χ3n) is 3.55. The summed E-state index contributed by atoms with van der Waals surface area (Å²) in [6, 6.07) is 8.28. The quantitative estimate of drug-likeness (QED) is 0.580. The number of aliphatic hydroxyl groups excluding tert-OH is 1. The zero-order valence-electron chi connectivity index (χ0n) is 13.8. The number of hydrogen-bond donors (Lipinski definition) is 2. The first kappa shape index (κ1) is 20.0. The molecule has 0 atom stereocenters. The number of hydrogen-bond acceptors (Lipinski definition) is 4. The minimum atomic E-state index is -0.410. The van der Waals surface area contributed by atoms with Gasteiger partial charge in [-0.3, -0.25) is 0 Å². The van der Waals surface area contributed by atoms with Gasteiger partial charge in [-0.15, -0.1) is 0 Å². The van der Waals surface area contributed by atoms with Crippen molar-refractivity contribution in [1.29, 1.82) is 0 Å². The molecule has 0 heterocycles. The molecule has 0 saturated carbocycles. The first-order valence-electron chi connectivity index (χ1n) is 7.80. The Morgan fingerprint density at radius 2 is 2.12 bits per heavy atom. The second-order valence-corrected chi connectivity index (χ2v) is 6.61. The van der Waals surface area contributed by atoms with Gasteiger partial charge in [0.25, 0.3) is 0 Å². The molecule has 0 fully saturated rings. The van der Waals surface area contributed by atoms with E-state index in [-0.39, 0.29) is 13.2 Å². The summed E-state index contributed by atoms with van der Waals surface area (Å²) in [5.41, 5.74) is 1.30. The third-order valence-corrected chi connectivity index (χ3v) is 4.50. The van der Waals surface area contributed by atoms with Crippen LogP contribution in [0.25, 0.3) is 0 Å². The van der Waals surface area contributed by atoms with E-state index in [4.69, 9.17) is 26.2 Å². The van der Waals surface area contributed by atoms with Crippen molar-refractivity contribution in [3.05, 3.63) is 56.8 Å². The number of ether oxygens (including phenoxy) is 2. The molecular formula is C18H20BrClFNO3. The molecule has 0 aliphatic rings. The van der Waals surface area contributed by atoms with E-state index in [2.05, 4.69) is 21.2 Å². The van der Waals surface area contributed by atoms with Crippen molar-refractivity contribution >= 4 is 27.5 Å². The summed E-state index contributed by atoms with van der Waals surface area (Å²) in [5, 5.41) is 12.3. The maximum atomic E-state index is 13.9. The van der Waals surface area contributed by atoms with E-state index in [9.17, 15) is 4.39 Å². The lowest BCUT2D eigenvalue weighted by Gasteiger charge is -2.15. The van der Waals surface area contributed by atoms with Gasteiger partial charge in [-0.2, -0.15) is 0 Å². The van der Waals surface area contributed by atoms with Gasteiger partial charge >= 0.3 is 0 Å². The van der Waals surface area contributed by atoms with Crippen LogP contribution >= 0.6 is 27.5 Å². The standard InChI is InChI=1S/C18H20BrClFNO3/c1-24-17-9-12(10-22-6-3-7-23)8-14(19)18(17)25-11-13-15(20)4-2-5-16(13)21/h2,4-5,8-9,22-23H,3,6-7,10-11H2,1H3.